The molecular weight excluding hydrogens is 426 g/mol. The monoisotopic (exact) mass is 455 g/mol. The molecule has 0 bridgehead atoms. The van der Waals surface area contributed by atoms with E-state index in [1.54, 1.807) is 6.20 Å². The molecule has 0 unspecified atom stereocenters. The van der Waals surface area contributed by atoms with Crippen LogP contribution in [0.3, 0.4) is 0 Å². The van der Waals surface area contributed by atoms with E-state index in [1.165, 1.54) is 12.2 Å². The van der Waals surface area contributed by atoms with Gasteiger partial charge in [0.25, 0.3) is 32.1 Å². The molecule has 11 nitrogen and oxygen atoms in total. The van der Waals surface area contributed by atoms with Crippen LogP contribution in [0.25, 0.3) is 0 Å². The van der Waals surface area contributed by atoms with Crippen LogP contribution < -0.4 is 10.6 Å². The molecule has 0 aliphatic heterocycles. The van der Waals surface area contributed by atoms with E-state index in [1.807, 2.05) is 18.7 Å². The van der Waals surface area contributed by atoms with Gasteiger partial charge >= 0.3 is 0 Å². The molecule has 4 N–H and O–H groups in total. The topological polar surface area (TPSA) is 170 Å². The van der Waals surface area contributed by atoms with Crippen molar-refractivity contribution in [3.8, 4) is 0 Å². The smallest absolute Gasteiger partial charge is 0.266 e. The molecule has 0 rings (SSSR count). The van der Waals surface area contributed by atoms with Crippen LogP contribution in [-0.2, 0) is 29.8 Å². The Morgan fingerprint density at radius 2 is 1.28 bits per heavy atom. The third-order valence-electron chi connectivity index (χ3n) is 3.36. The van der Waals surface area contributed by atoms with Crippen molar-refractivity contribution in [1.82, 2.24) is 15.5 Å². The summed E-state index contributed by atoms with van der Waals surface area (Å²) in [6.45, 7) is 4.71. The van der Waals surface area contributed by atoms with Gasteiger partial charge < -0.3 is 15.5 Å². The molecule has 0 aliphatic rings. The van der Waals surface area contributed by atoms with Gasteiger partial charge in [-0.05, 0) is 31.2 Å². The third-order valence-corrected chi connectivity index (χ3v) is 4.80. The first-order valence-electron chi connectivity index (χ1n) is 8.98. The summed E-state index contributed by atoms with van der Waals surface area (Å²) in [5.74, 6) is -3.26. The van der Waals surface area contributed by atoms with Crippen LogP contribution in [0.1, 0.15) is 26.7 Å². The highest BCUT2D eigenvalue weighted by atomic mass is 32.2. The van der Waals surface area contributed by atoms with Gasteiger partial charge in [0.15, 0.2) is 0 Å². The molecule has 0 heterocycles. The summed E-state index contributed by atoms with van der Waals surface area (Å²) >= 11 is 0. The maximum atomic E-state index is 12.2. The third kappa shape index (κ3) is 14.7. The van der Waals surface area contributed by atoms with Gasteiger partial charge in [0.1, 0.15) is 5.57 Å². The Bertz CT molecular complexity index is 746. The Hall–Kier alpha value is -1.96. The molecule has 2 amide bonds. The molecule has 29 heavy (non-hydrogen) atoms. The van der Waals surface area contributed by atoms with E-state index in [0.717, 1.165) is 25.9 Å². The predicted octanol–water partition coefficient (Wildman–Crippen LogP) is -0.443. The molecule has 0 saturated heterocycles. The quantitative estimate of drug-likeness (QED) is 0.0891. The molecule has 0 aliphatic carbocycles. The molecule has 0 fully saturated rings. The summed E-state index contributed by atoms with van der Waals surface area (Å²) in [5, 5.41) is 4.39. The van der Waals surface area contributed by atoms with Crippen molar-refractivity contribution in [3.05, 3.63) is 23.9 Å². The normalized spacial score (nSPS) is 11.9. The van der Waals surface area contributed by atoms with E-state index in [2.05, 4.69) is 10.6 Å². The first-order chi connectivity index (χ1) is 13.4. The fourth-order valence-electron chi connectivity index (χ4n) is 2.13. The van der Waals surface area contributed by atoms with Gasteiger partial charge in [0.05, 0.1) is 11.5 Å². The van der Waals surface area contributed by atoms with Crippen molar-refractivity contribution < 1.29 is 35.5 Å². The summed E-state index contributed by atoms with van der Waals surface area (Å²) in [6.07, 6.45) is 6.18. The van der Waals surface area contributed by atoms with E-state index in [4.69, 9.17) is 9.11 Å². The number of carbonyl (C=O) groups is 2. The number of hydrogen-bond acceptors (Lipinski definition) is 7. The van der Waals surface area contributed by atoms with Crippen LogP contribution in [0.4, 0.5) is 0 Å². The minimum atomic E-state index is -4.29. The lowest BCUT2D eigenvalue weighted by Crippen LogP contribution is -2.38. The van der Waals surface area contributed by atoms with E-state index in [-0.39, 0.29) is 5.57 Å². The lowest BCUT2D eigenvalue weighted by atomic mass is 10.2. The highest BCUT2D eigenvalue weighted by molar-refractivity contribution is 7.86. The fraction of sp³-hybridized carbons (Fsp3) is 0.625. The van der Waals surface area contributed by atoms with E-state index in [9.17, 15) is 26.4 Å². The maximum absolute atomic E-state index is 12.2. The van der Waals surface area contributed by atoms with Crippen molar-refractivity contribution in [2.75, 3.05) is 37.7 Å². The Kier molecular flexibility index (Phi) is 12.4. The number of amides is 2. The van der Waals surface area contributed by atoms with Gasteiger partial charge in [0, 0.05) is 26.2 Å². The van der Waals surface area contributed by atoms with E-state index in [0.29, 0.717) is 0 Å². The molecule has 0 aromatic rings. The molecule has 0 aromatic carbocycles. The number of nitrogens with one attached hydrogen (secondary N) is 2. The van der Waals surface area contributed by atoms with Crippen molar-refractivity contribution in [2.45, 2.75) is 26.7 Å². The second-order valence-corrected chi connectivity index (χ2v) is 9.19. The van der Waals surface area contributed by atoms with Crippen LogP contribution in [0.15, 0.2) is 23.9 Å². The highest BCUT2D eigenvalue weighted by Gasteiger charge is 2.18. The predicted molar refractivity (Wildman–Crippen MR) is 108 cm³/mol. The van der Waals surface area contributed by atoms with Crippen LogP contribution in [0, 0.1) is 0 Å². The van der Waals surface area contributed by atoms with Gasteiger partial charge in [-0.1, -0.05) is 13.8 Å². The molecule has 0 spiro atoms. The molecule has 13 heteroatoms. The standard InChI is InChI=1S/C16H29N3O8S2/c1-3-9-19(10-4-2)11-5-6-14(15(20)17-7-12-28(22,23)24)16(21)18-8-13-29(25,26)27/h5-6,11H,3-4,7-10,12-13H2,1-2H3,(H,17,20)(H,18,21)(H,22,23,24)(H,25,26,27)/b11-5+. The lowest BCUT2D eigenvalue weighted by molar-refractivity contribution is -0.123. The van der Waals surface area contributed by atoms with Crippen LogP contribution in [0.5, 0.6) is 0 Å². The van der Waals surface area contributed by atoms with Crippen molar-refractivity contribution in [2.24, 2.45) is 0 Å². The molecule has 0 aromatic heterocycles. The van der Waals surface area contributed by atoms with Gasteiger partial charge in [-0.15, -0.1) is 0 Å². The zero-order valence-corrected chi connectivity index (χ0v) is 18.1. The second kappa shape index (κ2) is 13.3. The first-order valence-corrected chi connectivity index (χ1v) is 12.2. The van der Waals surface area contributed by atoms with Crippen LogP contribution in [0.2, 0.25) is 0 Å². The summed E-state index contributed by atoms with van der Waals surface area (Å²) in [5.41, 5.74) is -0.389. The second-order valence-electron chi connectivity index (χ2n) is 6.04. The number of carbonyl (C=O) groups excluding carboxylic acids is 2. The van der Waals surface area contributed by atoms with Gasteiger partial charge in [-0.25, -0.2) is 0 Å². The van der Waals surface area contributed by atoms with Gasteiger partial charge in [-0.3, -0.25) is 18.7 Å². The minimum Gasteiger partial charge on any atom is -0.377 e. The van der Waals surface area contributed by atoms with E-state index < -0.39 is 56.6 Å². The Balaban J connectivity index is 5.28. The fourth-order valence-corrected chi connectivity index (χ4v) is 2.85. The van der Waals surface area contributed by atoms with Crippen LogP contribution in [-0.4, -0.2) is 80.3 Å². The Morgan fingerprint density at radius 3 is 1.62 bits per heavy atom. The first kappa shape index (κ1) is 27.0. The Labute approximate surface area is 171 Å². The van der Waals surface area contributed by atoms with Gasteiger partial charge in [0.2, 0.25) is 0 Å². The molecule has 0 atom stereocenters. The molecule has 0 saturated carbocycles. The molecule has 0 radical (unpaired) electrons. The average molecular weight is 456 g/mol. The highest BCUT2D eigenvalue weighted by Crippen LogP contribution is 2.00. The van der Waals surface area contributed by atoms with Crippen molar-refractivity contribution in [1.29, 1.82) is 0 Å². The lowest BCUT2D eigenvalue weighted by Gasteiger charge is -2.18. The van der Waals surface area contributed by atoms with Crippen LogP contribution >= 0.6 is 0 Å². The van der Waals surface area contributed by atoms with E-state index >= 15 is 0 Å². The largest absolute Gasteiger partial charge is 0.377 e. The maximum Gasteiger partial charge on any atom is 0.266 e. The summed E-state index contributed by atoms with van der Waals surface area (Å²) in [7, 11) is -8.57. The average Bonchev–Trinajstić information content (AvgIpc) is 2.56. The summed E-state index contributed by atoms with van der Waals surface area (Å²) in [6, 6.07) is 0. The number of rotatable bonds is 14. The van der Waals surface area contributed by atoms with Crippen molar-refractivity contribution >= 4 is 32.1 Å². The summed E-state index contributed by atoms with van der Waals surface area (Å²) in [4.78, 5) is 26.4. The van der Waals surface area contributed by atoms with Crippen molar-refractivity contribution in [3.63, 3.8) is 0 Å². The number of allylic oxidation sites excluding steroid dienone is 2. The SMILES string of the molecule is CCCN(/C=C/C=C(C(=O)NCCS(=O)(=O)O)C(=O)NCCS(=O)(=O)O)CCC. The minimum absolute atomic E-state index is 0.389. The zero-order valence-electron chi connectivity index (χ0n) is 16.5. The van der Waals surface area contributed by atoms with Gasteiger partial charge in [-0.2, -0.15) is 16.8 Å². The zero-order chi connectivity index (χ0) is 22.5. The Morgan fingerprint density at radius 1 is 0.862 bits per heavy atom. The number of hydrogen-bond donors (Lipinski definition) is 4. The molecular formula is C16H29N3O8S2. The summed E-state index contributed by atoms with van der Waals surface area (Å²) < 4.78 is 60.3. The molecule has 168 valence electrons. The number of nitrogens with zero attached hydrogens (tertiary/aromatic N) is 1.